The monoisotopic (exact) mass is 384 g/mol. The minimum Gasteiger partial charge on any atom is -0.445 e. The summed E-state index contributed by atoms with van der Waals surface area (Å²) in [6.07, 6.45) is 0.982. The molecule has 0 aliphatic rings. The molecule has 0 saturated carbocycles. The van der Waals surface area contributed by atoms with Gasteiger partial charge in [-0.05, 0) is 56.0 Å². The number of urea groups is 1. The lowest BCUT2D eigenvalue weighted by Crippen LogP contribution is -2.34. The van der Waals surface area contributed by atoms with Crippen LogP contribution >= 0.6 is 0 Å². The summed E-state index contributed by atoms with van der Waals surface area (Å²) in [7, 11) is 0. The number of carbonyl (C=O) groups excluding carboxylic acids is 2. The van der Waals surface area contributed by atoms with Crippen LogP contribution < -0.4 is 21.7 Å². The van der Waals surface area contributed by atoms with Crippen molar-refractivity contribution in [3.63, 3.8) is 0 Å². The predicted octanol–water partition coefficient (Wildman–Crippen LogP) is 3.79. The summed E-state index contributed by atoms with van der Waals surface area (Å²) in [5, 5.41) is 8.41. The molecule has 28 heavy (non-hydrogen) atoms. The number of amides is 3. The van der Waals surface area contributed by atoms with Gasteiger partial charge < -0.3 is 26.4 Å². The van der Waals surface area contributed by atoms with Crippen LogP contribution in [0.5, 0.6) is 0 Å². The Balaban J connectivity index is 1.59. The van der Waals surface area contributed by atoms with E-state index < -0.39 is 6.09 Å². The number of rotatable bonds is 8. The van der Waals surface area contributed by atoms with E-state index in [2.05, 4.69) is 16.0 Å². The van der Waals surface area contributed by atoms with E-state index in [0.29, 0.717) is 12.2 Å². The second kappa shape index (κ2) is 10.8. The zero-order chi connectivity index (χ0) is 20.4. The average molecular weight is 384 g/mol. The Bertz CT molecular complexity index is 795. The van der Waals surface area contributed by atoms with Crippen molar-refractivity contribution >= 4 is 23.5 Å². The van der Waals surface area contributed by atoms with E-state index in [4.69, 9.17) is 10.5 Å². The van der Waals surface area contributed by atoms with Crippen LogP contribution in [-0.2, 0) is 11.3 Å². The molecule has 0 aliphatic carbocycles. The number of para-hydroxylation sites is 1. The highest BCUT2D eigenvalue weighted by molar-refractivity contribution is 5.89. The maximum atomic E-state index is 11.9. The Morgan fingerprint density at radius 2 is 1.93 bits per heavy atom. The number of hydrogen-bond acceptors (Lipinski definition) is 4. The summed E-state index contributed by atoms with van der Waals surface area (Å²) >= 11 is 0. The van der Waals surface area contributed by atoms with Crippen LogP contribution in [0, 0.1) is 6.92 Å². The molecule has 7 nitrogen and oxygen atoms in total. The number of nitrogen functional groups attached to an aromatic ring is 1. The maximum Gasteiger partial charge on any atom is 0.407 e. The normalized spacial score (nSPS) is 11.4. The Hall–Kier alpha value is -3.22. The van der Waals surface area contributed by atoms with Crippen molar-refractivity contribution in [1.82, 2.24) is 10.6 Å². The topological polar surface area (TPSA) is 105 Å². The number of anilines is 2. The van der Waals surface area contributed by atoms with Crippen molar-refractivity contribution < 1.29 is 14.3 Å². The SMILES string of the molecule is Cc1ccccc1NC(=O)NCCC[C@@H](C)NC(=O)OCc1cccc(N)c1. The number of aryl methyl sites for hydroxylation is 1. The van der Waals surface area contributed by atoms with Gasteiger partial charge >= 0.3 is 12.1 Å². The van der Waals surface area contributed by atoms with E-state index in [1.54, 1.807) is 12.1 Å². The summed E-state index contributed by atoms with van der Waals surface area (Å²) in [4.78, 5) is 23.8. The molecular formula is C21H28N4O3. The van der Waals surface area contributed by atoms with E-state index in [0.717, 1.165) is 29.7 Å². The number of nitrogens with two attached hydrogens (primary N) is 1. The second-order valence-corrected chi connectivity index (χ2v) is 6.70. The summed E-state index contributed by atoms with van der Waals surface area (Å²) < 4.78 is 5.19. The first kappa shape index (κ1) is 21.1. The molecule has 5 N–H and O–H groups in total. The van der Waals surface area contributed by atoms with E-state index in [-0.39, 0.29) is 18.7 Å². The highest BCUT2D eigenvalue weighted by atomic mass is 16.5. The molecule has 0 aromatic heterocycles. The lowest BCUT2D eigenvalue weighted by Gasteiger charge is -2.14. The van der Waals surface area contributed by atoms with Crippen molar-refractivity contribution in [2.45, 2.75) is 39.3 Å². The van der Waals surface area contributed by atoms with Crippen LogP contribution in [-0.4, -0.2) is 24.7 Å². The van der Waals surface area contributed by atoms with Gasteiger partial charge in [-0.2, -0.15) is 0 Å². The largest absolute Gasteiger partial charge is 0.445 e. The Morgan fingerprint density at radius 3 is 2.68 bits per heavy atom. The molecule has 0 aliphatic heterocycles. The molecule has 2 rings (SSSR count). The summed E-state index contributed by atoms with van der Waals surface area (Å²) in [5.41, 5.74) is 8.96. The van der Waals surface area contributed by atoms with Crippen molar-refractivity contribution in [2.24, 2.45) is 0 Å². The molecule has 0 unspecified atom stereocenters. The molecule has 150 valence electrons. The van der Waals surface area contributed by atoms with Crippen molar-refractivity contribution in [2.75, 3.05) is 17.6 Å². The molecule has 2 aromatic rings. The average Bonchev–Trinajstić information content (AvgIpc) is 2.65. The molecule has 0 bridgehead atoms. The third-order valence-electron chi connectivity index (χ3n) is 4.18. The summed E-state index contributed by atoms with van der Waals surface area (Å²) in [5.74, 6) is 0. The van der Waals surface area contributed by atoms with E-state index in [1.807, 2.05) is 50.2 Å². The molecule has 7 heteroatoms. The number of alkyl carbamates (subject to hydrolysis) is 1. The first-order chi connectivity index (χ1) is 13.4. The minimum atomic E-state index is -0.472. The van der Waals surface area contributed by atoms with Crippen molar-refractivity contribution in [3.05, 3.63) is 59.7 Å². The van der Waals surface area contributed by atoms with Crippen molar-refractivity contribution in [1.29, 1.82) is 0 Å². The zero-order valence-electron chi connectivity index (χ0n) is 16.3. The standard InChI is InChI=1S/C21H28N4O3/c1-15-7-3-4-11-19(15)25-20(26)23-12-6-8-16(2)24-21(27)28-14-17-9-5-10-18(22)13-17/h3-5,7,9-11,13,16H,6,8,12,14,22H2,1-2H3,(H,24,27)(H2,23,25,26)/t16-/m1/s1. The Labute approximate surface area is 165 Å². The molecular weight excluding hydrogens is 356 g/mol. The minimum absolute atomic E-state index is 0.0606. The van der Waals surface area contributed by atoms with Crippen LogP contribution in [0.4, 0.5) is 21.0 Å². The number of ether oxygens (including phenoxy) is 1. The van der Waals surface area contributed by atoms with Gasteiger partial charge in [0.05, 0.1) is 0 Å². The van der Waals surface area contributed by atoms with Crippen molar-refractivity contribution in [3.8, 4) is 0 Å². The Kier molecular flexibility index (Phi) is 8.14. The van der Waals surface area contributed by atoms with Crippen LogP contribution in [0.2, 0.25) is 0 Å². The van der Waals surface area contributed by atoms with Crippen LogP contribution in [0.15, 0.2) is 48.5 Å². The molecule has 1 atom stereocenters. The van der Waals surface area contributed by atoms with Gasteiger partial charge in [0, 0.05) is 24.0 Å². The first-order valence-electron chi connectivity index (χ1n) is 9.32. The fraction of sp³-hybridized carbons (Fsp3) is 0.333. The van der Waals surface area contributed by atoms with Gasteiger partial charge in [0.2, 0.25) is 0 Å². The fourth-order valence-electron chi connectivity index (χ4n) is 2.64. The molecule has 0 saturated heterocycles. The zero-order valence-corrected chi connectivity index (χ0v) is 16.3. The van der Waals surface area contributed by atoms with Gasteiger partial charge in [0.25, 0.3) is 0 Å². The fourth-order valence-corrected chi connectivity index (χ4v) is 2.64. The second-order valence-electron chi connectivity index (χ2n) is 6.70. The highest BCUT2D eigenvalue weighted by Crippen LogP contribution is 2.12. The Morgan fingerprint density at radius 1 is 1.14 bits per heavy atom. The molecule has 3 amide bonds. The quantitative estimate of drug-likeness (QED) is 0.410. The molecule has 2 aromatic carbocycles. The summed E-state index contributed by atoms with van der Waals surface area (Å²) in [6.45, 7) is 4.52. The molecule has 0 spiro atoms. The number of nitrogens with one attached hydrogen (secondary N) is 3. The molecule has 0 fully saturated rings. The van der Waals surface area contributed by atoms with Crippen LogP contribution in [0.1, 0.15) is 30.9 Å². The smallest absolute Gasteiger partial charge is 0.407 e. The summed E-state index contributed by atoms with van der Waals surface area (Å²) in [6, 6.07) is 14.5. The van der Waals surface area contributed by atoms with E-state index >= 15 is 0 Å². The third kappa shape index (κ3) is 7.57. The van der Waals surface area contributed by atoms with Gasteiger partial charge in [0.15, 0.2) is 0 Å². The van der Waals surface area contributed by atoms with E-state index in [9.17, 15) is 9.59 Å². The molecule has 0 radical (unpaired) electrons. The van der Waals surface area contributed by atoms with Gasteiger partial charge in [-0.15, -0.1) is 0 Å². The van der Waals surface area contributed by atoms with Crippen LogP contribution in [0.25, 0.3) is 0 Å². The number of hydrogen-bond donors (Lipinski definition) is 4. The van der Waals surface area contributed by atoms with Gasteiger partial charge in [-0.3, -0.25) is 0 Å². The van der Waals surface area contributed by atoms with E-state index in [1.165, 1.54) is 0 Å². The van der Waals surface area contributed by atoms with Gasteiger partial charge in [0.1, 0.15) is 6.61 Å². The van der Waals surface area contributed by atoms with Gasteiger partial charge in [-0.1, -0.05) is 30.3 Å². The number of benzene rings is 2. The maximum absolute atomic E-state index is 11.9. The lowest BCUT2D eigenvalue weighted by molar-refractivity contribution is 0.136. The molecule has 0 heterocycles. The predicted molar refractivity (Wildman–Crippen MR) is 111 cm³/mol. The lowest BCUT2D eigenvalue weighted by atomic mass is 10.2. The van der Waals surface area contributed by atoms with Crippen LogP contribution in [0.3, 0.4) is 0 Å². The highest BCUT2D eigenvalue weighted by Gasteiger charge is 2.09. The number of carbonyl (C=O) groups is 2. The third-order valence-corrected chi connectivity index (χ3v) is 4.18. The van der Waals surface area contributed by atoms with Gasteiger partial charge in [-0.25, -0.2) is 9.59 Å². The first-order valence-corrected chi connectivity index (χ1v) is 9.32.